The predicted molar refractivity (Wildman–Crippen MR) is 60.3 cm³/mol. The number of hydrogen-bond donors (Lipinski definition) is 1. The van der Waals surface area contributed by atoms with Crippen LogP contribution < -0.4 is 5.32 Å². The molecule has 0 radical (unpaired) electrons. The van der Waals surface area contributed by atoms with Crippen LogP contribution in [0, 0.1) is 0 Å². The molecule has 0 bridgehead atoms. The van der Waals surface area contributed by atoms with Crippen LogP contribution in [0.2, 0.25) is 0 Å². The highest BCUT2D eigenvalue weighted by atomic mass is 35.5. The van der Waals surface area contributed by atoms with Crippen molar-refractivity contribution in [1.82, 2.24) is 5.32 Å². The molecule has 1 aliphatic heterocycles. The van der Waals surface area contributed by atoms with Gasteiger partial charge in [-0.3, -0.25) is 0 Å². The SMILES string of the molecule is ClCC1=CC(c2ccccc2)NC=C1. The number of halogens is 1. The lowest BCUT2D eigenvalue weighted by Gasteiger charge is -2.18. The van der Waals surface area contributed by atoms with Gasteiger partial charge in [-0.2, -0.15) is 0 Å². The molecule has 1 N–H and O–H groups in total. The van der Waals surface area contributed by atoms with Crippen LogP contribution in [0.4, 0.5) is 0 Å². The molecule has 1 nitrogen and oxygen atoms in total. The Hall–Kier alpha value is -1.21. The monoisotopic (exact) mass is 205 g/mol. The molecule has 0 aliphatic carbocycles. The number of benzene rings is 1. The number of dihydropyridines is 1. The van der Waals surface area contributed by atoms with Crippen LogP contribution in [-0.4, -0.2) is 5.88 Å². The van der Waals surface area contributed by atoms with Crippen LogP contribution in [0.15, 0.2) is 54.3 Å². The standard InChI is InChI=1S/C12H12ClN/c13-9-10-6-7-14-12(8-10)11-4-2-1-3-5-11/h1-8,12,14H,9H2. The molecule has 1 heterocycles. The lowest BCUT2D eigenvalue weighted by atomic mass is 10.0. The highest BCUT2D eigenvalue weighted by Crippen LogP contribution is 2.19. The topological polar surface area (TPSA) is 12.0 Å². The average Bonchev–Trinajstić information content (AvgIpc) is 2.30. The van der Waals surface area contributed by atoms with Gasteiger partial charge in [0.1, 0.15) is 0 Å². The molecule has 2 rings (SSSR count). The van der Waals surface area contributed by atoms with E-state index in [4.69, 9.17) is 11.6 Å². The summed E-state index contributed by atoms with van der Waals surface area (Å²) < 4.78 is 0. The van der Waals surface area contributed by atoms with Gasteiger partial charge in [-0.15, -0.1) is 11.6 Å². The van der Waals surface area contributed by atoms with Gasteiger partial charge in [0.25, 0.3) is 0 Å². The van der Waals surface area contributed by atoms with Crippen LogP contribution >= 0.6 is 11.6 Å². The fourth-order valence-corrected chi connectivity index (χ4v) is 1.70. The summed E-state index contributed by atoms with van der Waals surface area (Å²) in [6.45, 7) is 0. The van der Waals surface area contributed by atoms with E-state index in [1.165, 1.54) is 11.1 Å². The zero-order valence-corrected chi connectivity index (χ0v) is 8.54. The predicted octanol–water partition coefficient (Wildman–Crippen LogP) is 3.01. The maximum Gasteiger partial charge on any atom is 0.0698 e. The molecule has 0 fully saturated rings. The summed E-state index contributed by atoms with van der Waals surface area (Å²) in [5.74, 6) is 0.571. The molecule has 1 unspecified atom stereocenters. The molecule has 14 heavy (non-hydrogen) atoms. The summed E-state index contributed by atoms with van der Waals surface area (Å²) in [5, 5.41) is 3.28. The first-order chi connectivity index (χ1) is 6.90. The zero-order chi connectivity index (χ0) is 9.80. The van der Waals surface area contributed by atoms with E-state index in [2.05, 4.69) is 23.5 Å². The number of nitrogens with one attached hydrogen (secondary N) is 1. The molecular formula is C12H12ClN. The number of allylic oxidation sites excluding steroid dienone is 2. The number of alkyl halides is 1. The largest absolute Gasteiger partial charge is 0.381 e. The third kappa shape index (κ3) is 1.99. The summed E-state index contributed by atoms with van der Waals surface area (Å²) in [7, 11) is 0. The normalized spacial score (nSPS) is 20.1. The average molecular weight is 206 g/mol. The Balaban J connectivity index is 2.21. The van der Waals surface area contributed by atoms with Gasteiger partial charge in [-0.05, 0) is 23.4 Å². The maximum absolute atomic E-state index is 5.79. The summed E-state index contributed by atoms with van der Waals surface area (Å²) in [5.41, 5.74) is 2.43. The third-order valence-electron chi connectivity index (χ3n) is 2.27. The lowest BCUT2D eigenvalue weighted by Crippen LogP contribution is -2.16. The van der Waals surface area contributed by atoms with E-state index in [0.717, 1.165) is 0 Å². The van der Waals surface area contributed by atoms with Crippen molar-refractivity contribution in [2.45, 2.75) is 6.04 Å². The Morgan fingerprint density at radius 1 is 1.21 bits per heavy atom. The Bertz CT molecular complexity index is 354. The summed E-state index contributed by atoms with van der Waals surface area (Å²) in [6, 6.07) is 10.6. The van der Waals surface area contributed by atoms with E-state index in [0.29, 0.717) is 5.88 Å². The van der Waals surface area contributed by atoms with Crippen molar-refractivity contribution in [3.63, 3.8) is 0 Å². The van der Waals surface area contributed by atoms with Crippen molar-refractivity contribution in [3.05, 3.63) is 59.8 Å². The van der Waals surface area contributed by atoms with Crippen molar-refractivity contribution in [1.29, 1.82) is 0 Å². The minimum atomic E-state index is 0.259. The number of hydrogen-bond acceptors (Lipinski definition) is 1. The van der Waals surface area contributed by atoms with Crippen LogP contribution in [0.25, 0.3) is 0 Å². The Morgan fingerprint density at radius 3 is 2.71 bits per heavy atom. The molecule has 0 aromatic heterocycles. The highest BCUT2D eigenvalue weighted by molar-refractivity contribution is 6.19. The van der Waals surface area contributed by atoms with Gasteiger partial charge in [-0.25, -0.2) is 0 Å². The molecule has 0 saturated carbocycles. The molecule has 0 spiro atoms. The van der Waals surface area contributed by atoms with Crippen LogP contribution in [0.3, 0.4) is 0 Å². The van der Waals surface area contributed by atoms with E-state index < -0.39 is 0 Å². The van der Waals surface area contributed by atoms with Crippen LogP contribution in [0.1, 0.15) is 11.6 Å². The van der Waals surface area contributed by atoms with Gasteiger partial charge >= 0.3 is 0 Å². The Kier molecular flexibility index (Phi) is 2.90. The van der Waals surface area contributed by atoms with Gasteiger partial charge in [0.15, 0.2) is 0 Å². The lowest BCUT2D eigenvalue weighted by molar-refractivity contribution is 0.739. The van der Waals surface area contributed by atoms with Gasteiger partial charge in [0.05, 0.1) is 6.04 Å². The minimum absolute atomic E-state index is 0.259. The maximum atomic E-state index is 5.79. The van der Waals surface area contributed by atoms with Gasteiger partial charge in [0.2, 0.25) is 0 Å². The van der Waals surface area contributed by atoms with Crippen molar-refractivity contribution in [2.75, 3.05) is 5.88 Å². The van der Waals surface area contributed by atoms with Crippen molar-refractivity contribution >= 4 is 11.6 Å². The summed E-state index contributed by atoms with van der Waals surface area (Å²) in [4.78, 5) is 0. The first kappa shape index (κ1) is 9.35. The quantitative estimate of drug-likeness (QED) is 0.732. The molecule has 1 aromatic rings. The molecule has 1 atom stereocenters. The first-order valence-electron chi connectivity index (χ1n) is 4.64. The second-order valence-electron chi connectivity index (χ2n) is 3.26. The van der Waals surface area contributed by atoms with E-state index in [9.17, 15) is 0 Å². The minimum Gasteiger partial charge on any atom is -0.381 e. The van der Waals surface area contributed by atoms with Crippen molar-refractivity contribution < 1.29 is 0 Å². The Labute approximate surface area is 89.1 Å². The molecule has 0 amide bonds. The molecule has 72 valence electrons. The van der Waals surface area contributed by atoms with E-state index in [1.807, 2.05) is 30.5 Å². The highest BCUT2D eigenvalue weighted by Gasteiger charge is 2.09. The van der Waals surface area contributed by atoms with Crippen LogP contribution in [0.5, 0.6) is 0 Å². The van der Waals surface area contributed by atoms with E-state index in [1.54, 1.807) is 0 Å². The van der Waals surface area contributed by atoms with Crippen molar-refractivity contribution in [3.8, 4) is 0 Å². The zero-order valence-electron chi connectivity index (χ0n) is 7.78. The van der Waals surface area contributed by atoms with E-state index >= 15 is 0 Å². The van der Waals surface area contributed by atoms with E-state index in [-0.39, 0.29) is 6.04 Å². The molecule has 1 aliphatic rings. The Morgan fingerprint density at radius 2 is 2.00 bits per heavy atom. The third-order valence-corrected chi connectivity index (χ3v) is 2.58. The second kappa shape index (κ2) is 4.34. The fraction of sp³-hybridized carbons (Fsp3) is 0.167. The number of rotatable bonds is 2. The summed E-state index contributed by atoms with van der Waals surface area (Å²) in [6.07, 6.45) is 6.12. The van der Waals surface area contributed by atoms with Crippen molar-refractivity contribution in [2.24, 2.45) is 0 Å². The smallest absolute Gasteiger partial charge is 0.0698 e. The molecule has 2 heteroatoms. The molecular weight excluding hydrogens is 194 g/mol. The first-order valence-corrected chi connectivity index (χ1v) is 5.18. The second-order valence-corrected chi connectivity index (χ2v) is 3.53. The molecule has 1 aromatic carbocycles. The van der Waals surface area contributed by atoms with Gasteiger partial charge < -0.3 is 5.32 Å². The van der Waals surface area contributed by atoms with Gasteiger partial charge in [0, 0.05) is 5.88 Å². The summed E-state index contributed by atoms with van der Waals surface area (Å²) >= 11 is 5.79. The molecule has 0 saturated heterocycles. The van der Waals surface area contributed by atoms with Gasteiger partial charge in [-0.1, -0.05) is 36.4 Å². The van der Waals surface area contributed by atoms with Crippen LogP contribution in [-0.2, 0) is 0 Å². The fourth-order valence-electron chi connectivity index (χ4n) is 1.52.